The standard InChI is InChI=1S/C24H20N4O/c1-17-10-12-18(13-11-17)24(29)16-27-14-19(25-26-27)15-28-22-8-4-2-6-20(22)21-7-3-5-9-23(21)28/h2-14H,15-16H2,1H3. The predicted molar refractivity (Wildman–Crippen MR) is 114 cm³/mol. The van der Waals surface area contributed by atoms with Crippen molar-refractivity contribution in [2.24, 2.45) is 0 Å². The molecule has 0 saturated heterocycles. The highest BCUT2D eigenvalue weighted by Crippen LogP contribution is 2.29. The maximum atomic E-state index is 12.5. The number of fused-ring (bicyclic) bond motifs is 3. The molecule has 2 heterocycles. The molecule has 5 heteroatoms. The zero-order chi connectivity index (χ0) is 19.8. The minimum Gasteiger partial charge on any atom is -0.334 e. The van der Waals surface area contributed by atoms with Gasteiger partial charge in [-0.15, -0.1) is 5.10 Å². The highest BCUT2D eigenvalue weighted by Gasteiger charge is 2.13. The number of rotatable bonds is 5. The van der Waals surface area contributed by atoms with E-state index in [4.69, 9.17) is 0 Å². The van der Waals surface area contributed by atoms with Gasteiger partial charge in [0.25, 0.3) is 0 Å². The SMILES string of the molecule is Cc1ccc(C(=O)Cn2cc(Cn3c4ccccc4c4ccccc43)nn2)cc1. The van der Waals surface area contributed by atoms with Crippen LogP contribution in [0.2, 0.25) is 0 Å². The van der Waals surface area contributed by atoms with Crippen molar-refractivity contribution < 1.29 is 4.79 Å². The normalized spacial score (nSPS) is 11.3. The van der Waals surface area contributed by atoms with Crippen molar-refractivity contribution in [1.29, 1.82) is 0 Å². The van der Waals surface area contributed by atoms with Crippen LogP contribution in [-0.4, -0.2) is 25.3 Å². The van der Waals surface area contributed by atoms with Gasteiger partial charge in [-0.05, 0) is 19.1 Å². The third kappa shape index (κ3) is 3.21. The van der Waals surface area contributed by atoms with Crippen LogP contribution in [-0.2, 0) is 13.1 Å². The number of para-hydroxylation sites is 2. The van der Waals surface area contributed by atoms with Crippen LogP contribution in [0.1, 0.15) is 21.6 Å². The van der Waals surface area contributed by atoms with Gasteiger partial charge in [0, 0.05) is 27.4 Å². The van der Waals surface area contributed by atoms with Gasteiger partial charge in [0.15, 0.2) is 5.78 Å². The van der Waals surface area contributed by atoms with Crippen molar-refractivity contribution in [2.45, 2.75) is 20.0 Å². The fourth-order valence-electron chi connectivity index (χ4n) is 3.80. The molecule has 0 N–H and O–H groups in total. The Kier molecular flexibility index (Phi) is 4.21. The van der Waals surface area contributed by atoms with Crippen LogP contribution in [0.15, 0.2) is 79.0 Å². The molecular weight excluding hydrogens is 360 g/mol. The van der Waals surface area contributed by atoms with E-state index in [-0.39, 0.29) is 12.3 Å². The van der Waals surface area contributed by atoms with E-state index in [0.29, 0.717) is 12.1 Å². The Bertz CT molecular complexity index is 1280. The second kappa shape index (κ2) is 7.02. The van der Waals surface area contributed by atoms with Crippen LogP contribution in [0.4, 0.5) is 0 Å². The molecular formula is C24H20N4O. The molecule has 0 bridgehead atoms. The van der Waals surface area contributed by atoms with E-state index in [1.165, 1.54) is 21.8 Å². The molecule has 5 nitrogen and oxygen atoms in total. The molecule has 0 amide bonds. The second-order valence-electron chi connectivity index (χ2n) is 7.32. The van der Waals surface area contributed by atoms with Crippen LogP contribution in [0.25, 0.3) is 21.8 Å². The average Bonchev–Trinajstić information content (AvgIpc) is 3.32. The molecule has 29 heavy (non-hydrogen) atoms. The number of carbonyl (C=O) groups excluding carboxylic acids is 1. The Balaban J connectivity index is 1.43. The lowest BCUT2D eigenvalue weighted by molar-refractivity contribution is 0.0967. The topological polar surface area (TPSA) is 52.7 Å². The van der Waals surface area contributed by atoms with Crippen molar-refractivity contribution in [1.82, 2.24) is 19.6 Å². The molecule has 0 aliphatic carbocycles. The first-order valence-electron chi connectivity index (χ1n) is 9.64. The summed E-state index contributed by atoms with van der Waals surface area (Å²) in [5.41, 5.74) is 4.98. The predicted octanol–water partition coefficient (Wildman–Crippen LogP) is 4.63. The molecule has 0 unspecified atom stereocenters. The first kappa shape index (κ1) is 17.4. The van der Waals surface area contributed by atoms with Crippen LogP contribution in [0, 0.1) is 6.92 Å². The number of aromatic nitrogens is 4. The first-order valence-corrected chi connectivity index (χ1v) is 9.64. The van der Waals surface area contributed by atoms with E-state index in [9.17, 15) is 4.79 Å². The molecule has 0 saturated carbocycles. The lowest BCUT2D eigenvalue weighted by atomic mass is 10.1. The average molecular weight is 380 g/mol. The largest absolute Gasteiger partial charge is 0.334 e. The summed E-state index contributed by atoms with van der Waals surface area (Å²) in [6, 6.07) is 24.4. The highest BCUT2D eigenvalue weighted by molar-refractivity contribution is 6.08. The lowest BCUT2D eigenvalue weighted by Crippen LogP contribution is -2.11. The van der Waals surface area contributed by atoms with Gasteiger partial charge in [-0.25, -0.2) is 4.68 Å². The summed E-state index contributed by atoms with van der Waals surface area (Å²) >= 11 is 0. The zero-order valence-electron chi connectivity index (χ0n) is 16.1. The highest BCUT2D eigenvalue weighted by atomic mass is 16.1. The summed E-state index contributed by atoms with van der Waals surface area (Å²) in [6.07, 6.45) is 1.86. The molecule has 5 rings (SSSR count). The summed E-state index contributed by atoms with van der Waals surface area (Å²) in [4.78, 5) is 12.5. The van der Waals surface area contributed by atoms with Gasteiger partial charge >= 0.3 is 0 Å². The molecule has 142 valence electrons. The summed E-state index contributed by atoms with van der Waals surface area (Å²) in [5.74, 6) is 0.0262. The number of carbonyl (C=O) groups is 1. The van der Waals surface area contributed by atoms with Gasteiger partial charge < -0.3 is 4.57 Å². The fraction of sp³-hybridized carbons (Fsp3) is 0.125. The van der Waals surface area contributed by atoms with E-state index in [2.05, 4.69) is 63.4 Å². The maximum absolute atomic E-state index is 12.5. The Labute approximate surface area is 168 Å². The molecule has 0 aliphatic rings. The lowest BCUT2D eigenvalue weighted by Gasteiger charge is -2.04. The molecule has 0 atom stereocenters. The number of ketones is 1. The van der Waals surface area contributed by atoms with E-state index in [1.54, 1.807) is 4.68 Å². The minimum absolute atomic E-state index is 0.0262. The Morgan fingerprint density at radius 3 is 2.14 bits per heavy atom. The zero-order valence-corrected chi connectivity index (χ0v) is 16.1. The van der Waals surface area contributed by atoms with Gasteiger partial charge in [0.2, 0.25) is 0 Å². The number of aryl methyl sites for hydroxylation is 1. The molecule has 0 spiro atoms. The van der Waals surface area contributed by atoms with Crippen LogP contribution < -0.4 is 0 Å². The quantitative estimate of drug-likeness (QED) is 0.418. The van der Waals surface area contributed by atoms with E-state index < -0.39 is 0 Å². The number of hydrogen-bond acceptors (Lipinski definition) is 3. The minimum atomic E-state index is 0.0262. The number of Topliss-reactive ketones (excluding diaryl/α,β-unsaturated/α-hetero) is 1. The monoisotopic (exact) mass is 380 g/mol. The number of hydrogen-bond donors (Lipinski definition) is 0. The van der Waals surface area contributed by atoms with Crippen molar-refractivity contribution in [3.63, 3.8) is 0 Å². The third-order valence-electron chi connectivity index (χ3n) is 5.27. The van der Waals surface area contributed by atoms with Gasteiger partial charge in [-0.3, -0.25) is 4.79 Å². The second-order valence-corrected chi connectivity index (χ2v) is 7.32. The first-order chi connectivity index (χ1) is 14.2. The Morgan fingerprint density at radius 1 is 0.862 bits per heavy atom. The summed E-state index contributed by atoms with van der Waals surface area (Å²) < 4.78 is 3.87. The van der Waals surface area contributed by atoms with Crippen molar-refractivity contribution in [3.8, 4) is 0 Å². The summed E-state index contributed by atoms with van der Waals surface area (Å²) in [5, 5.41) is 10.9. The maximum Gasteiger partial charge on any atom is 0.184 e. The van der Waals surface area contributed by atoms with Gasteiger partial charge in [0.05, 0.1) is 12.7 Å². The number of benzene rings is 3. The third-order valence-corrected chi connectivity index (χ3v) is 5.27. The van der Waals surface area contributed by atoms with E-state index in [0.717, 1.165) is 11.3 Å². The molecule has 2 aromatic heterocycles. The van der Waals surface area contributed by atoms with E-state index >= 15 is 0 Å². The van der Waals surface area contributed by atoms with Crippen molar-refractivity contribution in [2.75, 3.05) is 0 Å². The summed E-state index contributed by atoms with van der Waals surface area (Å²) in [7, 11) is 0. The van der Waals surface area contributed by atoms with Crippen LogP contribution in [0.5, 0.6) is 0 Å². The van der Waals surface area contributed by atoms with Crippen molar-refractivity contribution in [3.05, 3.63) is 95.8 Å². The van der Waals surface area contributed by atoms with Gasteiger partial charge in [-0.1, -0.05) is 71.4 Å². The van der Waals surface area contributed by atoms with Crippen LogP contribution in [0.3, 0.4) is 0 Å². The summed E-state index contributed by atoms with van der Waals surface area (Å²) in [6.45, 7) is 2.79. The smallest absolute Gasteiger partial charge is 0.184 e. The van der Waals surface area contributed by atoms with E-state index in [1.807, 2.05) is 37.4 Å². The van der Waals surface area contributed by atoms with Gasteiger partial charge in [-0.2, -0.15) is 0 Å². The Morgan fingerprint density at radius 2 is 1.48 bits per heavy atom. The fourth-order valence-corrected chi connectivity index (χ4v) is 3.80. The Hall–Kier alpha value is -3.73. The molecule has 5 aromatic rings. The van der Waals surface area contributed by atoms with Gasteiger partial charge in [0.1, 0.15) is 12.2 Å². The number of nitrogens with zero attached hydrogens (tertiary/aromatic N) is 4. The molecule has 3 aromatic carbocycles. The molecule has 0 radical (unpaired) electrons. The molecule has 0 aliphatic heterocycles. The van der Waals surface area contributed by atoms with Crippen LogP contribution >= 0.6 is 0 Å². The molecule has 0 fully saturated rings. The van der Waals surface area contributed by atoms with Crippen molar-refractivity contribution >= 4 is 27.6 Å².